The normalized spacial score (nSPS) is 20.8. The van der Waals surface area contributed by atoms with E-state index in [1.807, 2.05) is 17.9 Å². The lowest BCUT2D eigenvalue weighted by atomic mass is 9.85. The lowest BCUT2D eigenvalue weighted by Gasteiger charge is -2.42. The fourth-order valence-corrected chi connectivity index (χ4v) is 2.98. The summed E-state index contributed by atoms with van der Waals surface area (Å²) >= 11 is 0. The lowest BCUT2D eigenvalue weighted by molar-refractivity contribution is -0.139. The first kappa shape index (κ1) is 18.4. The Morgan fingerprint density at radius 3 is 2.50 bits per heavy atom. The van der Waals surface area contributed by atoms with Gasteiger partial charge in [0.25, 0.3) is 5.91 Å². The number of likely N-dealkylation sites (N-methyl/N-ethyl adjacent to an activating group) is 1. The molecular formula is C17H28N4O3. The number of amides is 1. The van der Waals surface area contributed by atoms with Gasteiger partial charge in [-0.25, -0.2) is 0 Å². The van der Waals surface area contributed by atoms with E-state index in [4.69, 9.17) is 5.11 Å². The molecule has 24 heavy (non-hydrogen) atoms. The smallest absolute Gasteiger partial charge is 0.317 e. The average molecular weight is 336 g/mol. The average Bonchev–Trinajstić information content (AvgIpc) is 2.82. The second kappa shape index (κ2) is 6.93. The molecule has 0 bridgehead atoms. The van der Waals surface area contributed by atoms with Gasteiger partial charge in [-0.1, -0.05) is 27.7 Å². The molecule has 0 unspecified atom stereocenters. The van der Waals surface area contributed by atoms with E-state index in [0.29, 0.717) is 12.2 Å². The van der Waals surface area contributed by atoms with Gasteiger partial charge in [-0.2, -0.15) is 5.10 Å². The maximum Gasteiger partial charge on any atom is 0.317 e. The number of carbonyl (C=O) groups is 2. The topological polar surface area (TPSA) is 87.5 Å². The number of aryl methyl sites for hydroxylation is 1. The molecule has 1 heterocycles. The molecular weight excluding hydrogens is 308 g/mol. The zero-order valence-corrected chi connectivity index (χ0v) is 15.2. The van der Waals surface area contributed by atoms with Crippen molar-refractivity contribution >= 4 is 11.9 Å². The lowest BCUT2D eigenvalue weighted by Crippen LogP contribution is -2.55. The summed E-state index contributed by atoms with van der Waals surface area (Å²) in [6.45, 7) is 8.91. The quantitative estimate of drug-likeness (QED) is 0.819. The first-order valence-corrected chi connectivity index (χ1v) is 8.43. The van der Waals surface area contributed by atoms with Gasteiger partial charge in [-0.15, -0.1) is 0 Å². The van der Waals surface area contributed by atoms with E-state index in [9.17, 15) is 9.59 Å². The highest BCUT2D eigenvalue weighted by Crippen LogP contribution is 2.26. The van der Waals surface area contributed by atoms with Crippen LogP contribution in [0.5, 0.6) is 0 Å². The van der Waals surface area contributed by atoms with Crippen LogP contribution in [-0.4, -0.2) is 56.8 Å². The van der Waals surface area contributed by atoms with Gasteiger partial charge in [-0.05, 0) is 25.5 Å². The molecule has 1 aliphatic rings. The van der Waals surface area contributed by atoms with E-state index in [1.54, 1.807) is 11.7 Å². The predicted molar refractivity (Wildman–Crippen MR) is 91.1 cm³/mol. The molecule has 0 radical (unpaired) electrons. The fraction of sp³-hybridized carbons (Fsp3) is 0.706. The molecule has 0 aliphatic heterocycles. The minimum Gasteiger partial charge on any atom is -0.480 e. The summed E-state index contributed by atoms with van der Waals surface area (Å²) < 4.78 is 1.62. The van der Waals surface area contributed by atoms with Crippen LogP contribution in [0.4, 0.5) is 0 Å². The minimum absolute atomic E-state index is 0.0541. The van der Waals surface area contributed by atoms with Crippen molar-refractivity contribution in [2.24, 2.45) is 7.05 Å². The third-order valence-electron chi connectivity index (χ3n) is 4.59. The van der Waals surface area contributed by atoms with Gasteiger partial charge < -0.3 is 10.4 Å². The molecule has 0 saturated heterocycles. The molecule has 0 atom stereocenters. The number of rotatable bonds is 6. The van der Waals surface area contributed by atoms with Gasteiger partial charge in [0.15, 0.2) is 0 Å². The molecule has 1 aromatic heterocycles. The summed E-state index contributed by atoms with van der Waals surface area (Å²) in [4.78, 5) is 25.2. The number of nitrogens with zero attached hydrogens (tertiary/aromatic N) is 3. The van der Waals surface area contributed by atoms with E-state index in [2.05, 4.69) is 31.2 Å². The van der Waals surface area contributed by atoms with Crippen molar-refractivity contribution in [2.75, 3.05) is 13.1 Å². The first-order valence-electron chi connectivity index (χ1n) is 8.43. The van der Waals surface area contributed by atoms with Crippen LogP contribution in [-0.2, 0) is 17.3 Å². The van der Waals surface area contributed by atoms with Crippen LogP contribution < -0.4 is 5.32 Å². The minimum atomic E-state index is -0.811. The Labute approximate surface area is 143 Å². The van der Waals surface area contributed by atoms with Crippen LogP contribution in [0.1, 0.15) is 56.7 Å². The zero-order valence-electron chi connectivity index (χ0n) is 15.2. The largest absolute Gasteiger partial charge is 0.480 e. The van der Waals surface area contributed by atoms with E-state index in [1.165, 1.54) is 0 Å². The fourth-order valence-electron chi connectivity index (χ4n) is 2.98. The maximum absolute atomic E-state index is 12.5. The molecule has 1 aromatic rings. The molecule has 7 nitrogen and oxygen atoms in total. The summed E-state index contributed by atoms with van der Waals surface area (Å²) in [6, 6.07) is 2.17. The molecule has 2 rings (SSSR count). The van der Waals surface area contributed by atoms with Gasteiger partial charge in [0.05, 0.1) is 12.2 Å². The standard InChI is InChI=1S/C17H28N4O3/c1-6-21(10-15(22)23)12-7-11(8-12)18-16(24)13-9-14(17(2,3)4)19-20(13)5/h9,11-12H,6-8,10H2,1-5H3,(H,18,24)(H,22,23). The Morgan fingerprint density at radius 1 is 1.42 bits per heavy atom. The van der Waals surface area contributed by atoms with Crippen molar-refractivity contribution < 1.29 is 14.7 Å². The van der Waals surface area contributed by atoms with Crippen LogP contribution in [0.3, 0.4) is 0 Å². The monoisotopic (exact) mass is 336 g/mol. The highest BCUT2D eigenvalue weighted by molar-refractivity contribution is 5.93. The van der Waals surface area contributed by atoms with Crippen LogP contribution in [0.15, 0.2) is 6.07 Å². The first-order chi connectivity index (χ1) is 11.1. The van der Waals surface area contributed by atoms with Crippen molar-refractivity contribution in [1.82, 2.24) is 20.0 Å². The molecule has 1 fully saturated rings. The van der Waals surface area contributed by atoms with Crippen LogP contribution >= 0.6 is 0 Å². The summed E-state index contributed by atoms with van der Waals surface area (Å²) in [5.74, 6) is -0.931. The second-order valence-electron chi connectivity index (χ2n) is 7.54. The second-order valence-corrected chi connectivity index (χ2v) is 7.54. The molecule has 0 aromatic carbocycles. The Kier molecular flexibility index (Phi) is 5.32. The third-order valence-corrected chi connectivity index (χ3v) is 4.59. The van der Waals surface area contributed by atoms with E-state index >= 15 is 0 Å². The Balaban J connectivity index is 1.91. The molecule has 134 valence electrons. The molecule has 1 amide bonds. The SMILES string of the molecule is CCN(CC(=O)O)C1CC(NC(=O)c2cc(C(C)(C)C)nn2C)C1. The summed E-state index contributed by atoms with van der Waals surface area (Å²) in [7, 11) is 1.78. The maximum atomic E-state index is 12.5. The highest BCUT2D eigenvalue weighted by atomic mass is 16.4. The highest BCUT2D eigenvalue weighted by Gasteiger charge is 2.35. The van der Waals surface area contributed by atoms with Crippen molar-refractivity contribution in [3.8, 4) is 0 Å². The Hall–Kier alpha value is -1.89. The molecule has 2 N–H and O–H groups in total. The van der Waals surface area contributed by atoms with E-state index in [-0.39, 0.29) is 30.0 Å². The molecule has 1 saturated carbocycles. The van der Waals surface area contributed by atoms with E-state index in [0.717, 1.165) is 18.5 Å². The number of aliphatic carboxylic acids is 1. The number of nitrogens with one attached hydrogen (secondary N) is 1. The molecule has 0 spiro atoms. The zero-order chi connectivity index (χ0) is 18.1. The molecule has 7 heteroatoms. The van der Waals surface area contributed by atoms with Gasteiger partial charge in [-0.3, -0.25) is 19.2 Å². The van der Waals surface area contributed by atoms with E-state index < -0.39 is 5.97 Å². The van der Waals surface area contributed by atoms with Gasteiger partial charge >= 0.3 is 5.97 Å². The number of carboxylic acids is 1. The number of hydrogen-bond acceptors (Lipinski definition) is 4. The van der Waals surface area contributed by atoms with Gasteiger partial charge in [0, 0.05) is 24.5 Å². The van der Waals surface area contributed by atoms with Crippen molar-refractivity contribution in [3.63, 3.8) is 0 Å². The van der Waals surface area contributed by atoms with Crippen molar-refractivity contribution in [2.45, 2.75) is 58.0 Å². The number of aromatic nitrogens is 2. The summed E-state index contributed by atoms with van der Waals surface area (Å²) in [5, 5.41) is 16.4. The Bertz CT molecular complexity index is 612. The number of hydrogen-bond donors (Lipinski definition) is 2. The summed E-state index contributed by atoms with van der Waals surface area (Å²) in [5.41, 5.74) is 1.34. The van der Waals surface area contributed by atoms with Crippen LogP contribution in [0.25, 0.3) is 0 Å². The summed E-state index contributed by atoms with van der Waals surface area (Å²) in [6.07, 6.45) is 1.58. The Morgan fingerprint density at radius 2 is 2.04 bits per heavy atom. The number of carbonyl (C=O) groups excluding carboxylic acids is 1. The predicted octanol–water partition coefficient (Wildman–Crippen LogP) is 1.38. The number of carboxylic acid groups (broad SMARTS) is 1. The van der Waals surface area contributed by atoms with Gasteiger partial charge in [0.1, 0.15) is 5.69 Å². The van der Waals surface area contributed by atoms with Crippen LogP contribution in [0.2, 0.25) is 0 Å². The van der Waals surface area contributed by atoms with Crippen LogP contribution in [0, 0.1) is 0 Å². The van der Waals surface area contributed by atoms with Crippen molar-refractivity contribution in [3.05, 3.63) is 17.5 Å². The molecule has 1 aliphatic carbocycles. The third kappa shape index (κ3) is 4.14. The van der Waals surface area contributed by atoms with Gasteiger partial charge in [0.2, 0.25) is 0 Å². The van der Waals surface area contributed by atoms with Crippen molar-refractivity contribution in [1.29, 1.82) is 0 Å².